The van der Waals surface area contributed by atoms with Crippen LogP contribution in [0.5, 0.6) is 0 Å². The number of ether oxygens (including phenoxy) is 2. The highest BCUT2D eigenvalue weighted by Gasteiger charge is 2.22. The minimum Gasteiger partial charge on any atom is -0.461 e. The van der Waals surface area contributed by atoms with Crippen molar-refractivity contribution in [2.75, 3.05) is 6.61 Å². The van der Waals surface area contributed by atoms with Gasteiger partial charge < -0.3 is 9.47 Å². The van der Waals surface area contributed by atoms with Gasteiger partial charge in [-0.25, -0.2) is 0 Å². The molecule has 2 heteroatoms. The van der Waals surface area contributed by atoms with Crippen LogP contribution >= 0.6 is 0 Å². The van der Waals surface area contributed by atoms with Crippen molar-refractivity contribution in [3.63, 3.8) is 0 Å². The summed E-state index contributed by atoms with van der Waals surface area (Å²) in [4.78, 5) is 0. The molecule has 1 aliphatic heterocycles. The van der Waals surface area contributed by atoms with E-state index in [2.05, 4.69) is 0 Å². The summed E-state index contributed by atoms with van der Waals surface area (Å²) in [6, 6.07) is 10.1. The van der Waals surface area contributed by atoms with Gasteiger partial charge in [-0.1, -0.05) is 30.3 Å². The molecule has 0 bridgehead atoms. The van der Waals surface area contributed by atoms with Crippen LogP contribution in [0.25, 0.3) is 0 Å². The van der Waals surface area contributed by atoms with Gasteiger partial charge in [-0.2, -0.15) is 0 Å². The van der Waals surface area contributed by atoms with E-state index < -0.39 is 0 Å². The Balaban J connectivity index is 2.13. The van der Waals surface area contributed by atoms with Gasteiger partial charge in [0.1, 0.15) is 6.61 Å². The summed E-state index contributed by atoms with van der Waals surface area (Å²) < 4.78 is 10.8. The first-order chi connectivity index (χ1) is 6.40. The number of rotatable bonds is 1. The number of allylic oxidation sites excluding steroid dienone is 1. The van der Waals surface area contributed by atoms with Crippen molar-refractivity contribution < 1.29 is 9.47 Å². The first kappa shape index (κ1) is 8.17. The van der Waals surface area contributed by atoms with Crippen molar-refractivity contribution >= 4 is 0 Å². The Hall–Kier alpha value is -1.44. The molecule has 0 aromatic heterocycles. The van der Waals surface area contributed by atoms with Gasteiger partial charge in [0, 0.05) is 0 Å². The Labute approximate surface area is 77.8 Å². The van der Waals surface area contributed by atoms with Crippen molar-refractivity contribution in [2.45, 2.75) is 13.0 Å². The molecular formula is C11H12O2. The molecule has 0 radical (unpaired) electrons. The standard InChI is InChI=1S/C11H12O2/c1-2-11-12-8-10(13-11)9-6-4-3-5-7-9/h2-7,10H,8H2,1H3. The van der Waals surface area contributed by atoms with E-state index in [9.17, 15) is 0 Å². The summed E-state index contributed by atoms with van der Waals surface area (Å²) in [5.41, 5.74) is 1.17. The third kappa shape index (κ3) is 1.66. The number of hydrogen-bond acceptors (Lipinski definition) is 2. The molecule has 1 atom stereocenters. The Morgan fingerprint density at radius 1 is 1.31 bits per heavy atom. The average Bonchev–Trinajstić information content (AvgIpc) is 2.67. The van der Waals surface area contributed by atoms with Crippen LogP contribution in [0.4, 0.5) is 0 Å². The van der Waals surface area contributed by atoms with Crippen LogP contribution in [-0.4, -0.2) is 6.61 Å². The second kappa shape index (κ2) is 3.52. The SMILES string of the molecule is CC=C1OCC(c2ccccc2)O1. The lowest BCUT2D eigenvalue weighted by Gasteiger charge is -2.06. The van der Waals surface area contributed by atoms with E-state index in [1.807, 2.05) is 43.3 Å². The molecule has 0 spiro atoms. The van der Waals surface area contributed by atoms with Crippen LogP contribution in [0, 0.1) is 0 Å². The smallest absolute Gasteiger partial charge is 0.275 e. The van der Waals surface area contributed by atoms with Gasteiger partial charge in [-0.15, -0.1) is 0 Å². The van der Waals surface area contributed by atoms with Gasteiger partial charge >= 0.3 is 0 Å². The summed E-state index contributed by atoms with van der Waals surface area (Å²) in [6.45, 7) is 2.52. The molecule has 1 heterocycles. The molecule has 1 aromatic carbocycles. The van der Waals surface area contributed by atoms with Crippen molar-refractivity contribution in [1.82, 2.24) is 0 Å². The Bertz CT molecular complexity index is 303. The zero-order valence-electron chi connectivity index (χ0n) is 7.57. The lowest BCUT2D eigenvalue weighted by Crippen LogP contribution is -1.98. The molecule has 1 aliphatic rings. The number of benzene rings is 1. The molecule has 68 valence electrons. The predicted octanol–water partition coefficient (Wildman–Crippen LogP) is 2.64. The Morgan fingerprint density at radius 2 is 2.08 bits per heavy atom. The number of hydrogen-bond donors (Lipinski definition) is 0. The monoisotopic (exact) mass is 176 g/mol. The maximum absolute atomic E-state index is 5.54. The van der Waals surface area contributed by atoms with Crippen molar-refractivity contribution in [3.8, 4) is 0 Å². The molecule has 0 aliphatic carbocycles. The third-order valence-electron chi connectivity index (χ3n) is 2.04. The van der Waals surface area contributed by atoms with E-state index in [4.69, 9.17) is 9.47 Å². The van der Waals surface area contributed by atoms with Gasteiger partial charge in [0.25, 0.3) is 5.95 Å². The topological polar surface area (TPSA) is 18.5 Å². The van der Waals surface area contributed by atoms with Crippen LogP contribution < -0.4 is 0 Å². The second-order valence-corrected chi connectivity index (χ2v) is 2.94. The van der Waals surface area contributed by atoms with Gasteiger partial charge in [-0.3, -0.25) is 0 Å². The summed E-state index contributed by atoms with van der Waals surface area (Å²) in [5.74, 6) is 0.633. The van der Waals surface area contributed by atoms with Crippen LogP contribution in [-0.2, 0) is 9.47 Å². The van der Waals surface area contributed by atoms with Crippen molar-refractivity contribution in [3.05, 3.63) is 47.9 Å². The zero-order valence-corrected chi connectivity index (χ0v) is 7.57. The molecule has 1 saturated heterocycles. The van der Waals surface area contributed by atoms with E-state index in [0.717, 1.165) is 0 Å². The largest absolute Gasteiger partial charge is 0.461 e. The fourth-order valence-electron chi connectivity index (χ4n) is 1.35. The maximum atomic E-state index is 5.54. The fourth-order valence-corrected chi connectivity index (χ4v) is 1.35. The second-order valence-electron chi connectivity index (χ2n) is 2.94. The zero-order chi connectivity index (χ0) is 9.10. The normalized spacial score (nSPS) is 24.1. The van der Waals surface area contributed by atoms with Crippen LogP contribution in [0.1, 0.15) is 18.6 Å². The maximum Gasteiger partial charge on any atom is 0.275 e. The molecule has 1 aromatic rings. The quantitative estimate of drug-likeness (QED) is 0.654. The lowest BCUT2D eigenvalue weighted by atomic mass is 10.1. The highest BCUT2D eigenvalue weighted by atomic mass is 16.7. The first-order valence-corrected chi connectivity index (χ1v) is 4.41. The van der Waals surface area contributed by atoms with Gasteiger partial charge in [-0.05, 0) is 18.6 Å². The minimum absolute atomic E-state index is 0.0624. The first-order valence-electron chi connectivity index (χ1n) is 4.41. The lowest BCUT2D eigenvalue weighted by molar-refractivity contribution is 0.142. The fraction of sp³-hybridized carbons (Fsp3) is 0.273. The molecule has 1 unspecified atom stereocenters. The van der Waals surface area contributed by atoms with E-state index in [-0.39, 0.29) is 6.10 Å². The summed E-state index contributed by atoms with van der Waals surface area (Å²) >= 11 is 0. The predicted molar refractivity (Wildman–Crippen MR) is 50.0 cm³/mol. The summed E-state index contributed by atoms with van der Waals surface area (Å²) in [6.07, 6.45) is 1.90. The van der Waals surface area contributed by atoms with E-state index in [1.165, 1.54) is 5.56 Å². The molecular weight excluding hydrogens is 164 g/mol. The molecule has 0 amide bonds. The summed E-state index contributed by atoms with van der Waals surface area (Å²) in [5, 5.41) is 0. The molecule has 1 fully saturated rings. The van der Waals surface area contributed by atoms with Crippen molar-refractivity contribution in [1.29, 1.82) is 0 Å². The summed E-state index contributed by atoms with van der Waals surface area (Å²) in [7, 11) is 0. The van der Waals surface area contributed by atoms with Crippen LogP contribution in [0.15, 0.2) is 42.4 Å². The highest BCUT2D eigenvalue weighted by Crippen LogP contribution is 2.27. The van der Waals surface area contributed by atoms with Gasteiger partial charge in [0.05, 0.1) is 0 Å². The average molecular weight is 176 g/mol. The minimum atomic E-state index is 0.0624. The van der Waals surface area contributed by atoms with Crippen LogP contribution in [0.2, 0.25) is 0 Å². The van der Waals surface area contributed by atoms with Gasteiger partial charge in [0.15, 0.2) is 6.10 Å². The van der Waals surface area contributed by atoms with E-state index in [0.29, 0.717) is 12.6 Å². The van der Waals surface area contributed by atoms with Crippen LogP contribution in [0.3, 0.4) is 0 Å². The third-order valence-corrected chi connectivity index (χ3v) is 2.04. The Morgan fingerprint density at radius 3 is 2.69 bits per heavy atom. The highest BCUT2D eigenvalue weighted by molar-refractivity contribution is 5.18. The molecule has 2 rings (SSSR count). The molecule has 2 nitrogen and oxygen atoms in total. The van der Waals surface area contributed by atoms with E-state index >= 15 is 0 Å². The molecule has 0 saturated carbocycles. The van der Waals surface area contributed by atoms with Gasteiger partial charge in [0.2, 0.25) is 0 Å². The molecule has 13 heavy (non-hydrogen) atoms. The molecule has 0 N–H and O–H groups in total. The Kier molecular flexibility index (Phi) is 2.21. The van der Waals surface area contributed by atoms with Crippen molar-refractivity contribution in [2.24, 2.45) is 0 Å². The van der Waals surface area contributed by atoms with E-state index in [1.54, 1.807) is 0 Å².